The third-order valence-corrected chi connectivity index (χ3v) is 4.92. The van der Waals surface area contributed by atoms with E-state index in [1.54, 1.807) is 12.1 Å². The largest absolute Gasteiger partial charge is 0.369 e. The van der Waals surface area contributed by atoms with E-state index in [1.165, 1.54) is 19.3 Å². The smallest absolute Gasteiger partial charge is 0.146 e. The van der Waals surface area contributed by atoms with E-state index in [-0.39, 0.29) is 5.82 Å². The number of nitrogens with zero attached hydrogens (tertiary/aromatic N) is 1. The number of hydrogen-bond donors (Lipinski definition) is 1. The minimum atomic E-state index is -0.115. The van der Waals surface area contributed by atoms with Gasteiger partial charge in [0.25, 0.3) is 0 Å². The molecule has 1 fully saturated rings. The fraction of sp³-hybridized carbons (Fsp3) is 0.667. The van der Waals surface area contributed by atoms with Crippen molar-refractivity contribution in [2.24, 2.45) is 11.3 Å². The molecular formula is C18H29FN2. The molecule has 0 amide bonds. The molecule has 0 heterocycles. The second-order valence-electron chi connectivity index (χ2n) is 7.05. The van der Waals surface area contributed by atoms with Crippen LogP contribution >= 0.6 is 0 Å². The van der Waals surface area contributed by atoms with Gasteiger partial charge in [-0.15, -0.1) is 0 Å². The highest BCUT2D eigenvalue weighted by Crippen LogP contribution is 2.39. The van der Waals surface area contributed by atoms with Crippen LogP contribution in [0.4, 0.5) is 10.1 Å². The van der Waals surface area contributed by atoms with Gasteiger partial charge in [-0.3, -0.25) is 0 Å². The Morgan fingerprint density at radius 3 is 2.67 bits per heavy atom. The summed E-state index contributed by atoms with van der Waals surface area (Å²) in [5, 5.41) is 3.47. The highest BCUT2D eigenvalue weighted by atomic mass is 19.1. The summed E-state index contributed by atoms with van der Waals surface area (Å²) in [5.41, 5.74) is 1.13. The third kappa shape index (κ3) is 3.97. The van der Waals surface area contributed by atoms with Crippen LogP contribution < -0.4 is 10.2 Å². The van der Waals surface area contributed by atoms with Gasteiger partial charge in [0.05, 0.1) is 5.69 Å². The number of anilines is 1. The summed E-state index contributed by atoms with van der Waals surface area (Å²) in [6.07, 6.45) is 3.67. The SMILES string of the molecule is CCN(CC1CC(C)(C)CCC1NC)c1ccccc1F. The summed E-state index contributed by atoms with van der Waals surface area (Å²) in [5.74, 6) is 0.453. The van der Waals surface area contributed by atoms with Crippen LogP contribution in [0, 0.1) is 17.2 Å². The maximum absolute atomic E-state index is 14.1. The van der Waals surface area contributed by atoms with Gasteiger partial charge >= 0.3 is 0 Å². The third-order valence-electron chi connectivity index (χ3n) is 4.92. The van der Waals surface area contributed by atoms with Crippen molar-refractivity contribution >= 4 is 5.69 Å². The Balaban J connectivity index is 2.14. The van der Waals surface area contributed by atoms with Crippen LogP contribution in [0.3, 0.4) is 0 Å². The molecule has 0 bridgehead atoms. The molecule has 0 aromatic heterocycles. The number of hydrogen-bond acceptors (Lipinski definition) is 2. The summed E-state index contributed by atoms with van der Waals surface area (Å²) in [6.45, 7) is 8.58. The van der Waals surface area contributed by atoms with Crippen molar-refractivity contribution in [3.63, 3.8) is 0 Å². The van der Waals surface area contributed by atoms with Crippen LogP contribution in [0.1, 0.15) is 40.0 Å². The topological polar surface area (TPSA) is 15.3 Å². The van der Waals surface area contributed by atoms with E-state index < -0.39 is 0 Å². The lowest BCUT2D eigenvalue weighted by molar-refractivity contribution is 0.145. The number of rotatable bonds is 5. The van der Waals surface area contributed by atoms with Crippen molar-refractivity contribution in [3.8, 4) is 0 Å². The molecule has 2 atom stereocenters. The monoisotopic (exact) mass is 292 g/mol. The lowest BCUT2D eigenvalue weighted by atomic mass is 9.69. The highest BCUT2D eigenvalue weighted by Gasteiger charge is 2.35. The first-order valence-corrected chi connectivity index (χ1v) is 8.13. The Labute approximate surface area is 128 Å². The van der Waals surface area contributed by atoms with Crippen molar-refractivity contribution in [3.05, 3.63) is 30.1 Å². The molecule has 1 aromatic rings. The highest BCUT2D eigenvalue weighted by molar-refractivity contribution is 5.47. The van der Waals surface area contributed by atoms with Crippen molar-refractivity contribution in [2.45, 2.75) is 46.1 Å². The van der Waals surface area contributed by atoms with Crippen molar-refractivity contribution < 1.29 is 4.39 Å². The molecule has 1 aromatic carbocycles. The van der Waals surface area contributed by atoms with E-state index >= 15 is 0 Å². The van der Waals surface area contributed by atoms with Gasteiger partial charge in [-0.1, -0.05) is 26.0 Å². The molecule has 21 heavy (non-hydrogen) atoms. The van der Waals surface area contributed by atoms with E-state index in [2.05, 4.69) is 38.0 Å². The van der Waals surface area contributed by atoms with Gasteiger partial charge in [-0.25, -0.2) is 4.39 Å². The van der Waals surface area contributed by atoms with Gasteiger partial charge in [-0.2, -0.15) is 0 Å². The summed E-state index contributed by atoms with van der Waals surface area (Å²) in [7, 11) is 2.05. The molecule has 0 radical (unpaired) electrons. The predicted molar refractivity (Wildman–Crippen MR) is 88.3 cm³/mol. The molecule has 1 N–H and O–H groups in total. The Bertz CT molecular complexity index is 458. The zero-order valence-corrected chi connectivity index (χ0v) is 13.8. The van der Waals surface area contributed by atoms with Gasteiger partial charge in [-0.05, 0) is 56.7 Å². The summed E-state index contributed by atoms with van der Waals surface area (Å²) >= 11 is 0. The molecule has 0 spiro atoms. The summed E-state index contributed by atoms with van der Waals surface area (Å²) in [4.78, 5) is 2.19. The minimum absolute atomic E-state index is 0.115. The number of para-hydroxylation sites is 1. The van der Waals surface area contributed by atoms with Gasteiger partial charge < -0.3 is 10.2 Å². The zero-order chi connectivity index (χ0) is 15.5. The molecule has 2 rings (SSSR count). The molecule has 3 heteroatoms. The molecular weight excluding hydrogens is 263 g/mol. The molecule has 2 unspecified atom stereocenters. The Morgan fingerprint density at radius 2 is 2.05 bits per heavy atom. The zero-order valence-electron chi connectivity index (χ0n) is 13.8. The standard InChI is InChI=1S/C18H29FN2/c1-5-21(17-9-7-6-8-15(17)19)13-14-12-18(2,3)11-10-16(14)20-4/h6-9,14,16,20H,5,10-13H2,1-4H3. The number of benzene rings is 1. The first-order valence-electron chi connectivity index (χ1n) is 8.13. The Kier molecular flexibility index (Phi) is 5.26. The minimum Gasteiger partial charge on any atom is -0.369 e. The molecule has 0 aliphatic heterocycles. The van der Waals surface area contributed by atoms with Crippen LogP contribution in [-0.4, -0.2) is 26.2 Å². The molecule has 118 valence electrons. The first kappa shape index (κ1) is 16.3. The quantitative estimate of drug-likeness (QED) is 0.880. The van der Waals surface area contributed by atoms with Crippen molar-refractivity contribution in [2.75, 3.05) is 25.0 Å². The summed E-state index contributed by atoms with van der Waals surface area (Å²) < 4.78 is 14.1. The lowest BCUT2D eigenvalue weighted by Gasteiger charge is -2.43. The molecule has 0 saturated heterocycles. The second kappa shape index (κ2) is 6.78. The van der Waals surface area contributed by atoms with E-state index in [0.29, 0.717) is 17.4 Å². The predicted octanol–water partition coefficient (Wildman–Crippen LogP) is 4.07. The first-order chi connectivity index (χ1) is 9.96. The van der Waals surface area contributed by atoms with Crippen LogP contribution in [0.2, 0.25) is 0 Å². The molecule has 1 aliphatic rings. The molecule has 1 saturated carbocycles. The van der Waals surface area contributed by atoms with Crippen molar-refractivity contribution in [1.29, 1.82) is 0 Å². The Hall–Kier alpha value is -1.09. The number of nitrogens with one attached hydrogen (secondary N) is 1. The summed E-state index contributed by atoms with van der Waals surface area (Å²) in [6, 6.07) is 7.66. The fourth-order valence-corrected chi connectivity index (χ4v) is 3.70. The normalized spacial score (nSPS) is 24.8. The van der Waals surface area contributed by atoms with Crippen molar-refractivity contribution in [1.82, 2.24) is 5.32 Å². The van der Waals surface area contributed by atoms with E-state index in [4.69, 9.17) is 0 Å². The second-order valence-corrected chi connectivity index (χ2v) is 7.05. The van der Waals surface area contributed by atoms with Crippen LogP contribution in [0.25, 0.3) is 0 Å². The van der Waals surface area contributed by atoms with Crippen LogP contribution in [-0.2, 0) is 0 Å². The van der Waals surface area contributed by atoms with E-state index in [1.807, 2.05) is 12.1 Å². The van der Waals surface area contributed by atoms with Gasteiger partial charge in [0.1, 0.15) is 5.82 Å². The maximum atomic E-state index is 14.1. The fourth-order valence-electron chi connectivity index (χ4n) is 3.70. The van der Waals surface area contributed by atoms with E-state index in [9.17, 15) is 4.39 Å². The molecule has 1 aliphatic carbocycles. The van der Waals surface area contributed by atoms with Crippen LogP contribution in [0.15, 0.2) is 24.3 Å². The average Bonchev–Trinajstić information content (AvgIpc) is 2.45. The average molecular weight is 292 g/mol. The molecule has 2 nitrogen and oxygen atoms in total. The van der Waals surface area contributed by atoms with Gasteiger partial charge in [0, 0.05) is 19.1 Å². The number of halogens is 1. The lowest BCUT2D eigenvalue weighted by Crippen LogP contribution is -2.46. The van der Waals surface area contributed by atoms with Gasteiger partial charge in [0.15, 0.2) is 0 Å². The maximum Gasteiger partial charge on any atom is 0.146 e. The van der Waals surface area contributed by atoms with Gasteiger partial charge in [0.2, 0.25) is 0 Å². The Morgan fingerprint density at radius 1 is 1.33 bits per heavy atom. The van der Waals surface area contributed by atoms with E-state index in [0.717, 1.165) is 18.8 Å². The van der Waals surface area contributed by atoms with Crippen LogP contribution in [0.5, 0.6) is 0 Å².